The molecule has 0 aliphatic carbocycles. The maximum Gasteiger partial charge on any atom is 0.417 e. The number of aromatic nitrogens is 3. The molecule has 0 spiro atoms. The fourth-order valence-corrected chi connectivity index (χ4v) is 2.96. The maximum absolute atomic E-state index is 14.1. The summed E-state index contributed by atoms with van der Waals surface area (Å²) >= 11 is 0. The van der Waals surface area contributed by atoms with Gasteiger partial charge in [0.1, 0.15) is 5.82 Å². The highest BCUT2D eigenvalue weighted by Gasteiger charge is 2.35. The molecule has 0 aliphatic rings. The van der Waals surface area contributed by atoms with Crippen molar-refractivity contribution in [2.24, 2.45) is 0 Å². The molecule has 2 aromatic heterocycles. The summed E-state index contributed by atoms with van der Waals surface area (Å²) in [4.78, 5) is 8.21. The Morgan fingerprint density at radius 2 is 1.69 bits per heavy atom. The van der Waals surface area contributed by atoms with Crippen LogP contribution in [-0.2, 0) is 6.18 Å². The molecule has 2 heterocycles. The Hall–Kier alpha value is -3.55. The minimum absolute atomic E-state index is 0.0768. The fourth-order valence-electron chi connectivity index (χ4n) is 2.96. The lowest BCUT2D eigenvalue weighted by molar-refractivity contribution is -0.137. The van der Waals surface area contributed by atoms with Gasteiger partial charge in [0.25, 0.3) is 5.89 Å². The van der Waals surface area contributed by atoms with E-state index in [2.05, 4.69) is 15.1 Å². The summed E-state index contributed by atoms with van der Waals surface area (Å²) in [5.41, 5.74) is 0.153. The number of pyridine rings is 1. The molecule has 4 aromatic rings. The number of hydrogen-bond donors (Lipinski definition) is 0. The van der Waals surface area contributed by atoms with Crippen LogP contribution < -0.4 is 0 Å². The first-order chi connectivity index (χ1) is 13.8. The second-order valence-electron chi connectivity index (χ2n) is 6.41. The second kappa shape index (κ2) is 7.12. The van der Waals surface area contributed by atoms with Gasteiger partial charge < -0.3 is 4.52 Å². The highest BCUT2D eigenvalue weighted by atomic mass is 19.4. The molecule has 2 aromatic carbocycles. The minimum atomic E-state index is -4.70. The van der Waals surface area contributed by atoms with Crippen LogP contribution >= 0.6 is 0 Å². The van der Waals surface area contributed by atoms with E-state index in [-0.39, 0.29) is 28.4 Å². The van der Waals surface area contributed by atoms with Crippen LogP contribution in [0.2, 0.25) is 0 Å². The molecule has 0 aliphatic heterocycles. The van der Waals surface area contributed by atoms with Crippen molar-refractivity contribution in [2.45, 2.75) is 13.1 Å². The Bertz CT molecular complexity index is 1180. The highest BCUT2D eigenvalue weighted by molar-refractivity contribution is 5.73. The molecule has 0 saturated carbocycles. The predicted molar refractivity (Wildman–Crippen MR) is 98.1 cm³/mol. The van der Waals surface area contributed by atoms with E-state index in [9.17, 15) is 17.6 Å². The molecular formula is C21H13F4N3O. The Morgan fingerprint density at radius 1 is 0.897 bits per heavy atom. The molecule has 29 heavy (non-hydrogen) atoms. The predicted octanol–water partition coefficient (Wildman–Crippen LogP) is 5.93. The molecule has 0 bridgehead atoms. The van der Waals surface area contributed by atoms with Crippen LogP contribution in [0.5, 0.6) is 0 Å². The molecule has 4 rings (SSSR count). The summed E-state index contributed by atoms with van der Waals surface area (Å²) in [5, 5.41) is 3.82. The van der Waals surface area contributed by atoms with Crippen molar-refractivity contribution >= 4 is 0 Å². The number of halogens is 4. The molecule has 8 heteroatoms. The zero-order chi connectivity index (χ0) is 20.6. The molecule has 0 atom stereocenters. The van der Waals surface area contributed by atoms with Gasteiger partial charge in [-0.15, -0.1) is 0 Å². The summed E-state index contributed by atoms with van der Waals surface area (Å²) in [6, 6.07) is 10.6. The van der Waals surface area contributed by atoms with Gasteiger partial charge in [-0.3, -0.25) is 4.98 Å². The lowest BCUT2D eigenvalue weighted by Gasteiger charge is -2.14. The third kappa shape index (κ3) is 3.73. The molecule has 0 N–H and O–H groups in total. The molecule has 4 nitrogen and oxygen atoms in total. The van der Waals surface area contributed by atoms with Crippen molar-refractivity contribution in [3.63, 3.8) is 0 Å². The summed E-state index contributed by atoms with van der Waals surface area (Å²) in [6.45, 7) is 1.84. The number of benzene rings is 2. The van der Waals surface area contributed by atoms with E-state index in [0.29, 0.717) is 5.56 Å². The van der Waals surface area contributed by atoms with Crippen LogP contribution in [0.15, 0.2) is 65.4 Å². The first-order valence-corrected chi connectivity index (χ1v) is 8.55. The zero-order valence-corrected chi connectivity index (χ0v) is 15.0. The van der Waals surface area contributed by atoms with Gasteiger partial charge in [0, 0.05) is 29.1 Å². The van der Waals surface area contributed by atoms with E-state index < -0.39 is 17.6 Å². The van der Waals surface area contributed by atoms with Crippen LogP contribution in [0.1, 0.15) is 11.1 Å². The Balaban J connectivity index is 1.80. The third-order valence-corrected chi connectivity index (χ3v) is 4.30. The average Bonchev–Trinajstić information content (AvgIpc) is 3.18. The normalized spacial score (nSPS) is 11.6. The van der Waals surface area contributed by atoms with Crippen LogP contribution in [-0.4, -0.2) is 15.1 Å². The molecule has 146 valence electrons. The van der Waals surface area contributed by atoms with E-state index in [4.69, 9.17) is 4.52 Å². The number of alkyl halides is 3. The molecular weight excluding hydrogens is 386 g/mol. The van der Waals surface area contributed by atoms with Crippen LogP contribution in [0.4, 0.5) is 17.6 Å². The average molecular weight is 399 g/mol. The van der Waals surface area contributed by atoms with Crippen LogP contribution in [0.25, 0.3) is 34.0 Å². The number of nitrogens with zero attached hydrogens (tertiary/aromatic N) is 3. The quantitative estimate of drug-likeness (QED) is 0.401. The van der Waals surface area contributed by atoms with Crippen molar-refractivity contribution in [2.75, 3.05) is 0 Å². The van der Waals surface area contributed by atoms with Crippen molar-refractivity contribution in [3.05, 3.63) is 77.9 Å². The maximum atomic E-state index is 14.1. The van der Waals surface area contributed by atoms with Crippen molar-refractivity contribution < 1.29 is 22.1 Å². The molecule has 0 fully saturated rings. The van der Waals surface area contributed by atoms with E-state index in [1.54, 1.807) is 12.3 Å². The van der Waals surface area contributed by atoms with Gasteiger partial charge in [0.15, 0.2) is 0 Å². The zero-order valence-electron chi connectivity index (χ0n) is 15.0. The monoisotopic (exact) mass is 399 g/mol. The Labute approximate surface area is 162 Å². The van der Waals surface area contributed by atoms with E-state index in [1.807, 2.05) is 6.92 Å². The largest absolute Gasteiger partial charge is 0.417 e. The number of hydrogen-bond acceptors (Lipinski definition) is 4. The van der Waals surface area contributed by atoms with E-state index in [0.717, 1.165) is 17.7 Å². The molecule has 0 saturated heterocycles. The number of aryl methyl sites for hydroxylation is 1. The van der Waals surface area contributed by atoms with Crippen molar-refractivity contribution in [1.29, 1.82) is 0 Å². The first-order valence-electron chi connectivity index (χ1n) is 8.55. The van der Waals surface area contributed by atoms with Gasteiger partial charge in [-0.1, -0.05) is 29.4 Å². The van der Waals surface area contributed by atoms with Gasteiger partial charge in [0.05, 0.1) is 5.56 Å². The summed E-state index contributed by atoms with van der Waals surface area (Å²) in [7, 11) is 0. The van der Waals surface area contributed by atoms with Gasteiger partial charge in [-0.2, -0.15) is 18.2 Å². The molecule has 0 radical (unpaired) electrons. The van der Waals surface area contributed by atoms with Crippen molar-refractivity contribution in [1.82, 2.24) is 15.1 Å². The smallest absolute Gasteiger partial charge is 0.334 e. The summed E-state index contributed by atoms with van der Waals surface area (Å²) in [6.07, 6.45) is -1.51. The first kappa shape index (κ1) is 18.8. The van der Waals surface area contributed by atoms with Gasteiger partial charge >= 0.3 is 6.18 Å². The second-order valence-corrected chi connectivity index (χ2v) is 6.41. The lowest BCUT2D eigenvalue weighted by Crippen LogP contribution is -2.08. The third-order valence-electron chi connectivity index (χ3n) is 4.30. The lowest BCUT2D eigenvalue weighted by atomic mass is 9.96. The van der Waals surface area contributed by atoms with Gasteiger partial charge in [-0.25, -0.2) is 4.39 Å². The van der Waals surface area contributed by atoms with E-state index in [1.165, 1.54) is 36.5 Å². The Kier molecular flexibility index (Phi) is 4.62. The van der Waals surface area contributed by atoms with Crippen LogP contribution in [0, 0.1) is 12.7 Å². The topological polar surface area (TPSA) is 51.8 Å². The summed E-state index contributed by atoms with van der Waals surface area (Å²) < 4.78 is 60.3. The highest BCUT2D eigenvalue weighted by Crippen LogP contribution is 2.40. The molecule has 0 amide bonds. The summed E-state index contributed by atoms with van der Waals surface area (Å²) in [5.74, 6) is -0.604. The SMILES string of the molecule is Cc1cncc(-c2noc(-c3ccc(-c4ccccc4F)c(C(F)(F)F)c3)n2)c1. The van der Waals surface area contributed by atoms with Gasteiger partial charge in [-0.05, 0) is 42.3 Å². The number of rotatable bonds is 3. The van der Waals surface area contributed by atoms with E-state index >= 15 is 0 Å². The van der Waals surface area contributed by atoms with Crippen LogP contribution in [0.3, 0.4) is 0 Å². The molecule has 0 unspecified atom stereocenters. The Morgan fingerprint density at radius 3 is 2.41 bits per heavy atom. The van der Waals surface area contributed by atoms with Crippen molar-refractivity contribution in [3.8, 4) is 34.0 Å². The standard InChI is InChI=1S/C21H13F4N3O/c1-12-8-14(11-26-10-12)19-27-20(29-28-19)13-6-7-15(17(9-13)21(23,24)25)16-4-2-3-5-18(16)22/h2-11H,1H3. The fraction of sp³-hybridized carbons (Fsp3) is 0.0952. The minimum Gasteiger partial charge on any atom is -0.334 e. The van der Waals surface area contributed by atoms with Gasteiger partial charge in [0.2, 0.25) is 5.82 Å².